The van der Waals surface area contributed by atoms with Gasteiger partial charge in [0.25, 0.3) is 0 Å². The lowest BCUT2D eigenvalue weighted by Crippen LogP contribution is -2.47. The number of piperazine rings is 1. The Kier molecular flexibility index (Phi) is 9.50. The minimum atomic E-state index is 0.266. The lowest BCUT2D eigenvalue weighted by Gasteiger charge is -2.36. The number of amides is 1. The zero-order valence-corrected chi connectivity index (χ0v) is 23.9. The Hall–Kier alpha value is -1.83. The Morgan fingerprint density at radius 3 is 2.47 bits per heavy atom. The highest BCUT2D eigenvalue weighted by Gasteiger charge is 2.27. The molecule has 1 aromatic heterocycles. The second-order valence-electron chi connectivity index (χ2n) is 12.1. The first-order chi connectivity index (χ1) is 18.4. The molecule has 7 nitrogen and oxygen atoms in total. The summed E-state index contributed by atoms with van der Waals surface area (Å²) in [7, 11) is 0. The maximum Gasteiger partial charge on any atom is 0.220 e. The second kappa shape index (κ2) is 13.0. The number of hydrogen-bond donors (Lipinski definition) is 1. The molecule has 0 unspecified atom stereocenters. The number of carbonyl (C=O) groups excluding carboxylic acids is 1. The molecule has 0 bridgehead atoms. The molecule has 1 aromatic carbocycles. The van der Waals surface area contributed by atoms with Crippen LogP contribution in [0.4, 0.5) is 5.82 Å². The van der Waals surface area contributed by atoms with Crippen LogP contribution in [0, 0.1) is 11.8 Å². The molecule has 1 N–H and O–H groups in total. The molecule has 1 aliphatic heterocycles. The number of anilines is 1. The zero-order chi connectivity index (χ0) is 26.5. The highest BCUT2D eigenvalue weighted by atomic mass is 35.5. The number of ether oxygens (including phenoxy) is 1. The van der Waals surface area contributed by atoms with Crippen molar-refractivity contribution in [3.05, 3.63) is 23.2 Å². The Bertz CT molecular complexity index is 1040. The summed E-state index contributed by atoms with van der Waals surface area (Å²) in [6.07, 6.45) is 11.8. The molecule has 3 aliphatic rings. The molecule has 3 fully saturated rings. The van der Waals surface area contributed by atoms with Gasteiger partial charge in [0.1, 0.15) is 0 Å². The summed E-state index contributed by atoms with van der Waals surface area (Å²) in [4.78, 5) is 17.6. The van der Waals surface area contributed by atoms with Crippen LogP contribution in [-0.2, 0) is 9.53 Å². The Labute approximate surface area is 232 Å². The molecule has 2 saturated carbocycles. The average Bonchev–Trinajstić information content (AvgIpc) is 3.32. The number of hydrogen-bond acceptors (Lipinski definition) is 6. The summed E-state index contributed by atoms with van der Waals surface area (Å²) < 4.78 is 11.5. The van der Waals surface area contributed by atoms with Crippen LogP contribution in [0.25, 0.3) is 11.0 Å². The molecule has 1 saturated heterocycles. The average molecular weight is 545 g/mol. The fourth-order valence-corrected chi connectivity index (χ4v) is 6.84. The van der Waals surface area contributed by atoms with Crippen molar-refractivity contribution in [2.24, 2.45) is 11.8 Å². The standard InChI is InChI=1S/C30H45ClN4O3/c1-21(2)37-26-10-5-23(6-11-26)19-29(36)32-25-8-3-22(4-9-25)13-14-34-15-17-35(18-16-34)30-27-12-7-24(31)20-28(27)38-33-30/h7,12,20-23,25-26H,3-6,8-11,13-19H2,1-2H3,(H,32,36)/t22?,23-,25?,26-. The van der Waals surface area contributed by atoms with Gasteiger partial charge in [-0.3, -0.25) is 9.69 Å². The van der Waals surface area contributed by atoms with Crippen LogP contribution in [0.3, 0.4) is 0 Å². The van der Waals surface area contributed by atoms with Crippen LogP contribution in [0.15, 0.2) is 22.7 Å². The van der Waals surface area contributed by atoms with E-state index in [1.54, 1.807) is 0 Å². The number of fused-ring (bicyclic) bond motifs is 1. The van der Waals surface area contributed by atoms with E-state index < -0.39 is 0 Å². The molecule has 1 amide bonds. The number of halogens is 1. The van der Waals surface area contributed by atoms with Crippen molar-refractivity contribution in [1.82, 2.24) is 15.4 Å². The Morgan fingerprint density at radius 2 is 1.76 bits per heavy atom. The first kappa shape index (κ1) is 27.7. The minimum Gasteiger partial charge on any atom is -0.376 e. The van der Waals surface area contributed by atoms with E-state index in [0.29, 0.717) is 35.6 Å². The van der Waals surface area contributed by atoms with Gasteiger partial charge in [-0.2, -0.15) is 0 Å². The summed E-state index contributed by atoms with van der Waals surface area (Å²) in [5, 5.41) is 9.39. The third kappa shape index (κ3) is 7.42. The van der Waals surface area contributed by atoms with Crippen molar-refractivity contribution in [1.29, 1.82) is 0 Å². The molecule has 8 heteroatoms. The van der Waals surface area contributed by atoms with Gasteiger partial charge in [0.05, 0.1) is 17.6 Å². The van der Waals surface area contributed by atoms with Crippen LogP contribution in [0.5, 0.6) is 0 Å². The second-order valence-corrected chi connectivity index (χ2v) is 12.5. The van der Waals surface area contributed by atoms with E-state index in [2.05, 4.69) is 34.1 Å². The van der Waals surface area contributed by atoms with Crippen molar-refractivity contribution in [3.8, 4) is 0 Å². The fraction of sp³-hybridized carbons (Fsp3) is 0.733. The van der Waals surface area contributed by atoms with Crippen molar-refractivity contribution in [3.63, 3.8) is 0 Å². The number of benzene rings is 1. The van der Waals surface area contributed by atoms with Gasteiger partial charge >= 0.3 is 0 Å². The first-order valence-corrected chi connectivity index (χ1v) is 15.3. The van der Waals surface area contributed by atoms with Gasteiger partial charge in [0, 0.05) is 49.7 Å². The normalized spacial score (nSPS) is 27.2. The van der Waals surface area contributed by atoms with Gasteiger partial charge in [0.15, 0.2) is 11.4 Å². The van der Waals surface area contributed by atoms with E-state index in [1.165, 1.54) is 19.3 Å². The predicted molar refractivity (Wildman–Crippen MR) is 153 cm³/mol. The molecule has 2 heterocycles. The van der Waals surface area contributed by atoms with Gasteiger partial charge in [-0.15, -0.1) is 0 Å². The molecule has 0 radical (unpaired) electrons. The summed E-state index contributed by atoms with van der Waals surface area (Å²) in [5.41, 5.74) is 0.751. The van der Waals surface area contributed by atoms with Crippen molar-refractivity contribution >= 4 is 34.3 Å². The Balaban J connectivity index is 0.956. The summed E-state index contributed by atoms with van der Waals surface area (Å²) in [5.74, 6) is 2.51. The lowest BCUT2D eigenvalue weighted by molar-refractivity contribution is -0.123. The number of carbonyl (C=O) groups is 1. The van der Waals surface area contributed by atoms with Gasteiger partial charge in [0.2, 0.25) is 5.91 Å². The zero-order valence-electron chi connectivity index (χ0n) is 23.2. The molecule has 38 heavy (non-hydrogen) atoms. The van der Waals surface area contributed by atoms with Crippen LogP contribution >= 0.6 is 11.6 Å². The molecule has 0 atom stereocenters. The van der Waals surface area contributed by atoms with Gasteiger partial charge in [-0.1, -0.05) is 16.8 Å². The number of nitrogens with zero attached hydrogens (tertiary/aromatic N) is 3. The van der Waals surface area contributed by atoms with Crippen LogP contribution in [-0.4, -0.2) is 66.9 Å². The summed E-state index contributed by atoms with van der Waals surface area (Å²) in [6.45, 7) is 9.42. The lowest BCUT2D eigenvalue weighted by atomic mass is 9.83. The summed E-state index contributed by atoms with van der Waals surface area (Å²) >= 11 is 6.08. The number of aromatic nitrogens is 1. The van der Waals surface area contributed by atoms with Crippen molar-refractivity contribution in [2.75, 3.05) is 37.6 Å². The third-order valence-electron chi connectivity index (χ3n) is 8.88. The van der Waals surface area contributed by atoms with Gasteiger partial charge in [-0.25, -0.2) is 0 Å². The Morgan fingerprint density at radius 1 is 1.05 bits per heavy atom. The van der Waals surface area contributed by atoms with E-state index in [9.17, 15) is 4.79 Å². The van der Waals surface area contributed by atoms with Crippen molar-refractivity contribution < 1.29 is 14.1 Å². The van der Waals surface area contributed by atoms with E-state index in [1.807, 2.05) is 18.2 Å². The van der Waals surface area contributed by atoms with Gasteiger partial charge < -0.3 is 19.5 Å². The highest BCUT2D eigenvalue weighted by Crippen LogP contribution is 2.32. The quantitative estimate of drug-likeness (QED) is 0.415. The van der Waals surface area contributed by atoms with E-state index >= 15 is 0 Å². The van der Waals surface area contributed by atoms with Crippen molar-refractivity contribution in [2.45, 2.75) is 96.3 Å². The molecular weight excluding hydrogens is 500 g/mol. The number of nitrogens with one attached hydrogen (secondary N) is 1. The van der Waals surface area contributed by atoms with E-state index in [-0.39, 0.29) is 5.91 Å². The van der Waals surface area contributed by atoms with Gasteiger partial charge in [-0.05, 0) is 102 Å². The molecule has 210 valence electrons. The SMILES string of the molecule is CC(C)O[C@H]1CC[C@H](CC(=O)NC2CCC(CCN3CCN(c4noc5cc(Cl)ccc45)CC3)CC2)CC1. The third-order valence-corrected chi connectivity index (χ3v) is 9.12. The van der Waals surface area contributed by atoms with Crippen LogP contribution < -0.4 is 10.2 Å². The smallest absolute Gasteiger partial charge is 0.220 e. The van der Waals surface area contributed by atoms with Crippen LogP contribution in [0.2, 0.25) is 5.02 Å². The van der Waals surface area contributed by atoms with E-state index in [4.69, 9.17) is 20.9 Å². The maximum atomic E-state index is 12.7. The molecule has 0 spiro atoms. The topological polar surface area (TPSA) is 70.8 Å². The maximum absolute atomic E-state index is 12.7. The molecule has 2 aliphatic carbocycles. The predicted octanol–water partition coefficient (Wildman–Crippen LogP) is 6.04. The summed E-state index contributed by atoms with van der Waals surface area (Å²) in [6, 6.07) is 6.10. The molecule has 5 rings (SSSR count). The van der Waals surface area contributed by atoms with Crippen LogP contribution in [0.1, 0.15) is 78.1 Å². The first-order valence-electron chi connectivity index (χ1n) is 14.9. The van der Waals surface area contributed by atoms with E-state index in [0.717, 1.165) is 94.0 Å². The minimum absolute atomic E-state index is 0.266. The highest BCUT2D eigenvalue weighted by molar-refractivity contribution is 6.31. The monoisotopic (exact) mass is 544 g/mol. The fourth-order valence-electron chi connectivity index (χ4n) is 6.68. The molecule has 2 aromatic rings. The largest absolute Gasteiger partial charge is 0.376 e. The number of rotatable bonds is 9. The molecular formula is C30H45ClN4O3.